The highest BCUT2D eigenvalue weighted by Gasteiger charge is 2.36. The molecule has 1 amide bonds. The van der Waals surface area contributed by atoms with Gasteiger partial charge in [0, 0.05) is 31.8 Å². The van der Waals surface area contributed by atoms with Crippen LogP contribution in [0.1, 0.15) is 51.5 Å². The number of carboxylic acid groups (broad SMARTS) is 1. The van der Waals surface area contributed by atoms with E-state index in [-0.39, 0.29) is 11.7 Å². The number of ether oxygens (including phenoxy) is 1. The summed E-state index contributed by atoms with van der Waals surface area (Å²) in [7, 11) is 1.54. The first-order valence-corrected chi connectivity index (χ1v) is 10.9. The molecule has 6 heteroatoms. The average molecular weight is 425 g/mol. The van der Waals surface area contributed by atoms with E-state index in [1.807, 2.05) is 47.5 Å². The predicted molar refractivity (Wildman–Crippen MR) is 120 cm³/mol. The van der Waals surface area contributed by atoms with Crippen molar-refractivity contribution in [3.05, 3.63) is 70.9 Å². The summed E-state index contributed by atoms with van der Waals surface area (Å²) in [5.74, 6) is 1.12. The molecule has 31 heavy (non-hydrogen) atoms. The molecule has 0 saturated heterocycles. The molecule has 1 atom stereocenters. The molecule has 1 unspecified atom stereocenters. The number of hydrogen-bond acceptors (Lipinski definition) is 4. The topological polar surface area (TPSA) is 70.1 Å². The molecule has 0 radical (unpaired) electrons. The highest BCUT2D eigenvalue weighted by Crippen LogP contribution is 2.41. The summed E-state index contributed by atoms with van der Waals surface area (Å²) in [6.07, 6.45) is 4.95. The fourth-order valence-electron chi connectivity index (χ4n) is 3.97. The summed E-state index contributed by atoms with van der Waals surface area (Å²) in [4.78, 5) is 28.1. The van der Waals surface area contributed by atoms with Crippen molar-refractivity contribution in [2.45, 2.75) is 46.0 Å². The number of benzene rings is 1. The van der Waals surface area contributed by atoms with Gasteiger partial charge in [-0.25, -0.2) is 4.79 Å². The Morgan fingerprint density at radius 1 is 1.29 bits per heavy atom. The van der Waals surface area contributed by atoms with Crippen LogP contribution < -0.4 is 0 Å². The number of carbonyl (C=O) groups is 2. The third-order valence-corrected chi connectivity index (χ3v) is 5.49. The van der Waals surface area contributed by atoms with E-state index in [1.54, 1.807) is 0 Å². The Labute approximate surface area is 184 Å². The molecule has 0 bridgehead atoms. The van der Waals surface area contributed by atoms with Gasteiger partial charge in [-0.15, -0.1) is 0 Å². The normalized spacial score (nSPS) is 18.5. The number of hydrogen-bond donors (Lipinski definition) is 1. The summed E-state index contributed by atoms with van der Waals surface area (Å²) < 4.78 is 6.22. The molecule has 1 N–H and O–H groups in total. The number of unbranched alkanes of at least 4 members (excludes halogenated alkanes) is 1. The van der Waals surface area contributed by atoms with Crippen molar-refractivity contribution in [3.63, 3.8) is 0 Å². The van der Waals surface area contributed by atoms with Crippen molar-refractivity contribution < 1.29 is 19.4 Å². The molecule has 0 spiro atoms. The molecule has 1 aliphatic carbocycles. The van der Waals surface area contributed by atoms with Crippen LogP contribution in [0.4, 0.5) is 4.79 Å². The van der Waals surface area contributed by atoms with E-state index < -0.39 is 6.09 Å². The van der Waals surface area contributed by atoms with E-state index in [0.29, 0.717) is 37.1 Å². The molecule has 2 aliphatic rings. The van der Waals surface area contributed by atoms with E-state index >= 15 is 0 Å². The number of nitrogens with zero attached hydrogens (tertiary/aromatic N) is 2. The van der Waals surface area contributed by atoms with Crippen LogP contribution in [0.15, 0.2) is 65.3 Å². The van der Waals surface area contributed by atoms with Crippen LogP contribution in [0.3, 0.4) is 0 Å². The Hall–Kier alpha value is -3.02. The maximum atomic E-state index is 13.0. The fraction of sp³-hybridized carbons (Fsp3) is 0.440. The van der Waals surface area contributed by atoms with Crippen LogP contribution in [-0.4, -0.2) is 47.0 Å². The summed E-state index contributed by atoms with van der Waals surface area (Å²) in [6.45, 7) is 7.37. The summed E-state index contributed by atoms with van der Waals surface area (Å²) in [5, 5.41) is 9.76. The van der Waals surface area contributed by atoms with Crippen molar-refractivity contribution in [3.8, 4) is 0 Å². The van der Waals surface area contributed by atoms with Crippen LogP contribution in [0.5, 0.6) is 0 Å². The minimum absolute atomic E-state index is 0.133. The predicted octanol–water partition coefficient (Wildman–Crippen LogP) is 5.12. The maximum Gasteiger partial charge on any atom is 0.412 e. The van der Waals surface area contributed by atoms with Gasteiger partial charge in [0.15, 0.2) is 11.6 Å². The lowest BCUT2D eigenvalue weighted by molar-refractivity contribution is -0.119. The first kappa shape index (κ1) is 22.7. The number of Topliss-reactive ketones (excluding diaryl/α,β-unsaturated/α-hetero) is 1. The zero-order valence-electron chi connectivity index (χ0n) is 18.8. The van der Waals surface area contributed by atoms with Crippen molar-refractivity contribution >= 4 is 11.9 Å². The van der Waals surface area contributed by atoms with E-state index in [9.17, 15) is 14.7 Å². The average Bonchev–Trinajstić information content (AvgIpc) is 2.73. The quantitative estimate of drug-likeness (QED) is 0.587. The number of carbonyl (C=O) groups excluding carboxylic acids is 1. The molecule has 1 aliphatic heterocycles. The van der Waals surface area contributed by atoms with Gasteiger partial charge in [0.1, 0.15) is 5.78 Å². The SMILES string of the molecule is CCCCOC1=C(N(C)C(=O)O)N(CC(C)C)C=C2CC(=O)C(c3ccccc3)C=C21. The van der Waals surface area contributed by atoms with Crippen molar-refractivity contribution in [2.75, 3.05) is 20.2 Å². The Bertz CT molecular complexity index is 915. The molecule has 0 fully saturated rings. The van der Waals surface area contributed by atoms with Crippen molar-refractivity contribution in [1.82, 2.24) is 9.80 Å². The molecule has 0 saturated carbocycles. The van der Waals surface area contributed by atoms with Gasteiger partial charge >= 0.3 is 6.09 Å². The minimum atomic E-state index is -1.05. The lowest BCUT2D eigenvalue weighted by Crippen LogP contribution is -2.40. The molecule has 1 aromatic carbocycles. The second-order valence-corrected chi connectivity index (χ2v) is 8.51. The van der Waals surface area contributed by atoms with Crippen molar-refractivity contribution in [1.29, 1.82) is 0 Å². The van der Waals surface area contributed by atoms with Gasteiger partial charge in [-0.1, -0.05) is 63.6 Å². The van der Waals surface area contributed by atoms with Crippen molar-refractivity contribution in [2.24, 2.45) is 5.92 Å². The molecule has 3 rings (SSSR count). The molecule has 166 valence electrons. The highest BCUT2D eigenvalue weighted by molar-refractivity contribution is 5.93. The molecule has 1 heterocycles. The van der Waals surface area contributed by atoms with Crippen LogP contribution in [0.25, 0.3) is 0 Å². The second kappa shape index (κ2) is 9.86. The van der Waals surface area contributed by atoms with E-state index in [1.165, 1.54) is 11.9 Å². The lowest BCUT2D eigenvalue weighted by Gasteiger charge is -2.38. The number of rotatable bonds is 8. The molecule has 6 nitrogen and oxygen atoms in total. The number of amides is 1. The number of ketones is 1. The molecule has 0 aromatic heterocycles. The largest absolute Gasteiger partial charge is 0.489 e. The van der Waals surface area contributed by atoms with E-state index in [2.05, 4.69) is 20.8 Å². The Morgan fingerprint density at radius 2 is 2.00 bits per heavy atom. The summed E-state index contributed by atoms with van der Waals surface area (Å²) in [6, 6.07) is 9.69. The van der Waals surface area contributed by atoms with Crippen LogP contribution >= 0.6 is 0 Å². The zero-order chi connectivity index (χ0) is 22.5. The van der Waals surface area contributed by atoms with Crippen LogP contribution in [-0.2, 0) is 9.53 Å². The monoisotopic (exact) mass is 424 g/mol. The number of allylic oxidation sites excluding steroid dienone is 2. The van der Waals surface area contributed by atoms with Crippen LogP contribution in [0.2, 0.25) is 0 Å². The van der Waals surface area contributed by atoms with Gasteiger partial charge in [-0.3, -0.25) is 9.69 Å². The Kier molecular flexibility index (Phi) is 7.21. The summed E-state index contributed by atoms with van der Waals surface area (Å²) in [5.41, 5.74) is 2.64. The standard InChI is InChI=1S/C25H32N2O4/c1-5-6-12-31-23-21-14-20(18-10-8-7-9-11-18)22(28)13-19(21)16-27(15-17(2)3)24(23)26(4)25(29)30/h7-11,14,16-17,20H,5-6,12-13,15H2,1-4H3,(H,29,30). The minimum Gasteiger partial charge on any atom is -0.489 e. The molecular weight excluding hydrogens is 392 g/mol. The second-order valence-electron chi connectivity index (χ2n) is 8.51. The fourth-order valence-corrected chi connectivity index (χ4v) is 3.97. The Morgan fingerprint density at radius 3 is 2.61 bits per heavy atom. The first-order valence-electron chi connectivity index (χ1n) is 10.9. The highest BCUT2D eigenvalue weighted by atomic mass is 16.5. The smallest absolute Gasteiger partial charge is 0.412 e. The van der Waals surface area contributed by atoms with Gasteiger partial charge in [-0.2, -0.15) is 0 Å². The van der Waals surface area contributed by atoms with Crippen LogP contribution in [0, 0.1) is 5.92 Å². The first-order chi connectivity index (χ1) is 14.8. The van der Waals surface area contributed by atoms with E-state index in [4.69, 9.17) is 4.74 Å². The third-order valence-electron chi connectivity index (χ3n) is 5.49. The number of fused-ring (bicyclic) bond motifs is 1. The zero-order valence-corrected chi connectivity index (χ0v) is 18.8. The third kappa shape index (κ3) is 5.01. The van der Waals surface area contributed by atoms with E-state index in [0.717, 1.165) is 29.6 Å². The van der Waals surface area contributed by atoms with Gasteiger partial charge < -0.3 is 14.7 Å². The Balaban J connectivity index is 2.14. The molecular formula is C25H32N2O4. The summed E-state index contributed by atoms with van der Waals surface area (Å²) >= 11 is 0. The molecule has 1 aromatic rings. The van der Waals surface area contributed by atoms with Gasteiger partial charge in [0.05, 0.1) is 12.5 Å². The van der Waals surface area contributed by atoms with Gasteiger partial charge in [0.2, 0.25) is 0 Å². The lowest BCUT2D eigenvalue weighted by atomic mass is 9.80. The van der Waals surface area contributed by atoms with Gasteiger partial charge in [0.25, 0.3) is 0 Å². The van der Waals surface area contributed by atoms with Gasteiger partial charge in [-0.05, 0) is 23.5 Å². The maximum absolute atomic E-state index is 13.0.